The Morgan fingerprint density at radius 3 is 2.02 bits per heavy atom. The molecule has 4 heterocycles. The number of aromatic amines is 2. The Morgan fingerprint density at radius 2 is 1.38 bits per heavy atom. The number of carbonyl (C=O) groups excluding carboxylic acids is 3. The zero-order chi connectivity index (χ0) is 38.4. The number of rotatable bonds is 9. The number of amides is 3. The number of fused-ring (bicyclic) bond motifs is 3. The van der Waals surface area contributed by atoms with Gasteiger partial charge in [0.15, 0.2) is 0 Å². The van der Waals surface area contributed by atoms with Crippen molar-refractivity contribution in [1.82, 2.24) is 35.1 Å². The molecule has 11 heteroatoms. The number of ether oxygens (including phenoxy) is 1. The maximum absolute atomic E-state index is 13.8. The number of hydrogen-bond acceptors (Lipinski definition) is 6. The van der Waals surface area contributed by atoms with Gasteiger partial charge in [0.2, 0.25) is 11.8 Å². The van der Waals surface area contributed by atoms with Gasteiger partial charge in [-0.15, -0.1) is 0 Å². The van der Waals surface area contributed by atoms with Crippen LogP contribution >= 0.6 is 0 Å². The molecule has 6 aromatic rings. The predicted molar refractivity (Wildman–Crippen MR) is 213 cm³/mol. The summed E-state index contributed by atoms with van der Waals surface area (Å²) in [6, 6.07) is 30.0. The lowest BCUT2D eigenvalue weighted by molar-refractivity contribution is -0.139. The normalized spacial score (nSPS) is 19.4. The smallest absolute Gasteiger partial charge is 0.407 e. The summed E-state index contributed by atoms with van der Waals surface area (Å²) in [6.45, 7) is 8.10. The summed E-state index contributed by atoms with van der Waals surface area (Å²) in [4.78, 5) is 59.8. The van der Waals surface area contributed by atoms with E-state index in [-0.39, 0.29) is 41.9 Å². The number of aromatic nitrogens is 4. The van der Waals surface area contributed by atoms with Crippen LogP contribution in [0.25, 0.3) is 44.3 Å². The van der Waals surface area contributed by atoms with Gasteiger partial charge in [0.1, 0.15) is 17.7 Å². The van der Waals surface area contributed by atoms with Crippen LogP contribution in [0.15, 0.2) is 91.0 Å². The van der Waals surface area contributed by atoms with Gasteiger partial charge in [-0.05, 0) is 105 Å². The highest BCUT2D eigenvalue weighted by atomic mass is 16.5. The minimum absolute atomic E-state index is 0.00134. The molecule has 2 aromatic heterocycles. The van der Waals surface area contributed by atoms with Crippen molar-refractivity contribution in [2.75, 3.05) is 7.11 Å². The second-order valence-electron chi connectivity index (χ2n) is 15.2. The van der Waals surface area contributed by atoms with Crippen molar-refractivity contribution in [2.45, 2.75) is 89.5 Å². The first-order valence-electron chi connectivity index (χ1n) is 19.2. The van der Waals surface area contributed by atoms with E-state index >= 15 is 0 Å². The van der Waals surface area contributed by atoms with Crippen LogP contribution in [-0.2, 0) is 14.3 Å². The Kier molecular flexibility index (Phi) is 9.63. The first-order valence-corrected chi connectivity index (χ1v) is 19.2. The topological polar surface area (TPSA) is 136 Å². The number of hydrogen-bond donors (Lipinski definition) is 3. The lowest BCUT2D eigenvalue weighted by atomic mass is 9.98. The third-order valence-corrected chi connectivity index (χ3v) is 11.5. The molecule has 0 bridgehead atoms. The molecule has 2 saturated heterocycles. The first kappa shape index (κ1) is 36.0. The Morgan fingerprint density at radius 1 is 0.782 bits per heavy atom. The number of benzene rings is 4. The van der Waals surface area contributed by atoms with Gasteiger partial charge >= 0.3 is 6.09 Å². The van der Waals surface area contributed by atoms with E-state index in [0.717, 1.165) is 80.8 Å². The van der Waals surface area contributed by atoms with E-state index in [4.69, 9.17) is 14.7 Å². The third-order valence-electron chi connectivity index (χ3n) is 11.5. The Bertz CT molecular complexity index is 2370. The Balaban J connectivity index is 0.985. The fourth-order valence-corrected chi connectivity index (χ4v) is 8.53. The maximum Gasteiger partial charge on any atom is 0.407 e. The van der Waals surface area contributed by atoms with Crippen LogP contribution in [0.3, 0.4) is 0 Å². The van der Waals surface area contributed by atoms with Crippen molar-refractivity contribution in [3.63, 3.8) is 0 Å². The number of nitrogens with one attached hydrogen (secondary N) is 3. The summed E-state index contributed by atoms with van der Waals surface area (Å²) in [7, 11) is 1.31. The van der Waals surface area contributed by atoms with Crippen molar-refractivity contribution >= 4 is 40.0 Å². The molecule has 11 nitrogen and oxygen atoms in total. The molecule has 282 valence electrons. The van der Waals surface area contributed by atoms with E-state index in [0.29, 0.717) is 6.42 Å². The summed E-state index contributed by atoms with van der Waals surface area (Å²) < 4.78 is 4.75. The molecule has 3 amide bonds. The number of nitrogens with zero attached hydrogens (tertiary/aromatic N) is 4. The molecule has 0 spiro atoms. The maximum atomic E-state index is 13.8. The van der Waals surface area contributed by atoms with Crippen molar-refractivity contribution in [3.8, 4) is 22.3 Å². The molecule has 2 fully saturated rings. The van der Waals surface area contributed by atoms with Crippen LogP contribution in [0, 0.1) is 0 Å². The summed E-state index contributed by atoms with van der Waals surface area (Å²) in [5.74, 6) is 1.27. The van der Waals surface area contributed by atoms with Crippen molar-refractivity contribution in [2.24, 2.45) is 0 Å². The van der Waals surface area contributed by atoms with E-state index in [1.807, 2.05) is 80.0 Å². The average Bonchev–Trinajstić information content (AvgIpc) is 3.95. The van der Waals surface area contributed by atoms with E-state index < -0.39 is 12.1 Å². The van der Waals surface area contributed by atoms with Crippen molar-refractivity contribution < 1.29 is 19.1 Å². The molecule has 3 N–H and O–H groups in total. The highest BCUT2D eigenvalue weighted by molar-refractivity contribution is 5.88. The van der Waals surface area contributed by atoms with Crippen LogP contribution in [0.2, 0.25) is 0 Å². The second-order valence-corrected chi connectivity index (χ2v) is 15.2. The molecule has 2 aliphatic rings. The number of piperidine rings is 1. The van der Waals surface area contributed by atoms with E-state index in [9.17, 15) is 14.4 Å². The molecule has 5 atom stereocenters. The molecule has 0 radical (unpaired) electrons. The zero-order valence-electron chi connectivity index (χ0n) is 31.9. The largest absolute Gasteiger partial charge is 0.453 e. The standard InChI is InChI=1S/C44H47N7O4/c1-25(2)50(42(52)26(3)28-9-7-6-8-10-28)27(4)40-45-34-19-15-31(23-37(34)47-40)29-11-13-30(14-12-29)32-16-20-35-38(24-32)48-41(46-35)39-22-18-33-17-21-36(43(53)51(33)39)49-44(54)55-5/h6-16,19-20,23-27,33,36,39H,17-18,21-22H2,1-5H3,(H,45,47)(H,46,48)(H,49,54)/t26-,27+,33+,36+,39+/m1/s1. The fraction of sp³-hybridized carbons (Fsp3) is 0.341. The number of H-pyrrole nitrogens is 2. The second kappa shape index (κ2) is 14.7. The van der Waals surface area contributed by atoms with Crippen molar-refractivity contribution in [3.05, 3.63) is 108 Å². The molecule has 0 aliphatic carbocycles. The predicted octanol–water partition coefficient (Wildman–Crippen LogP) is 8.43. The molecule has 0 saturated carbocycles. The van der Waals surface area contributed by atoms with Crippen LogP contribution in [0.4, 0.5) is 4.79 Å². The molecular weight excluding hydrogens is 691 g/mol. The van der Waals surface area contributed by atoms with Gasteiger partial charge in [-0.25, -0.2) is 14.8 Å². The van der Waals surface area contributed by atoms with Gasteiger partial charge in [0.25, 0.3) is 0 Å². The third kappa shape index (κ3) is 6.83. The van der Waals surface area contributed by atoms with Gasteiger partial charge < -0.3 is 29.8 Å². The number of methoxy groups -OCH3 is 1. The molecule has 4 aromatic carbocycles. The molecule has 8 rings (SSSR count). The fourth-order valence-electron chi connectivity index (χ4n) is 8.53. The minimum Gasteiger partial charge on any atom is -0.453 e. The lowest BCUT2D eigenvalue weighted by Gasteiger charge is -2.37. The number of imidazole rings is 2. The zero-order valence-corrected chi connectivity index (χ0v) is 31.9. The quantitative estimate of drug-likeness (QED) is 0.136. The van der Waals surface area contributed by atoms with E-state index in [1.54, 1.807) is 0 Å². The molecule has 2 aliphatic heterocycles. The minimum atomic E-state index is -0.590. The first-order chi connectivity index (χ1) is 26.6. The van der Waals surface area contributed by atoms with Crippen LogP contribution in [0.1, 0.15) is 88.6 Å². The highest BCUT2D eigenvalue weighted by Crippen LogP contribution is 2.41. The summed E-state index contributed by atoms with van der Waals surface area (Å²) in [6.07, 6.45) is 2.59. The van der Waals surface area contributed by atoms with Gasteiger partial charge in [-0.2, -0.15) is 0 Å². The Labute approximate surface area is 320 Å². The van der Waals surface area contributed by atoms with Gasteiger partial charge in [0.05, 0.1) is 47.2 Å². The van der Waals surface area contributed by atoms with E-state index in [1.165, 1.54) is 7.11 Å². The monoisotopic (exact) mass is 737 g/mol. The van der Waals surface area contributed by atoms with Crippen molar-refractivity contribution in [1.29, 1.82) is 0 Å². The average molecular weight is 738 g/mol. The SMILES string of the molecule is COC(=O)N[C@H]1CC[C@H]2CC[C@@H](c3nc4ccc(-c5ccc(-c6ccc7nc([C@H](C)N(C(=O)[C@H](C)c8ccccc8)C(C)C)[nH]c7c6)cc5)cc4[nH]3)N2C1=O. The molecular formula is C44H47N7O4. The van der Waals surface area contributed by atoms with Crippen LogP contribution in [0.5, 0.6) is 0 Å². The highest BCUT2D eigenvalue weighted by Gasteiger charge is 2.45. The van der Waals surface area contributed by atoms with Crippen LogP contribution < -0.4 is 5.32 Å². The van der Waals surface area contributed by atoms with Gasteiger partial charge in [-0.1, -0.05) is 66.7 Å². The van der Waals surface area contributed by atoms with Gasteiger partial charge in [-0.3, -0.25) is 9.59 Å². The molecule has 0 unspecified atom stereocenters. The number of alkyl carbamates (subject to hydrolysis) is 1. The number of carbonyl (C=O) groups is 3. The molecule has 55 heavy (non-hydrogen) atoms. The summed E-state index contributed by atoms with van der Waals surface area (Å²) >= 11 is 0. The Hall–Kier alpha value is -5.97. The summed E-state index contributed by atoms with van der Waals surface area (Å²) in [5, 5.41) is 2.70. The van der Waals surface area contributed by atoms with Gasteiger partial charge in [0, 0.05) is 12.1 Å². The van der Waals surface area contributed by atoms with E-state index in [2.05, 4.69) is 63.8 Å². The van der Waals surface area contributed by atoms with Crippen LogP contribution in [-0.4, -0.2) is 72.9 Å². The lowest BCUT2D eigenvalue weighted by Crippen LogP contribution is -2.54. The summed E-state index contributed by atoms with van der Waals surface area (Å²) in [5.41, 5.74) is 8.83.